The number of amides is 1. The van der Waals surface area contributed by atoms with Crippen LogP contribution < -0.4 is 10.1 Å². The highest BCUT2D eigenvalue weighted by Gasteiger charge is 2.26. The van der Waals surface area contributed by atoms with Crippen molar-refractivity contribution in [2.75, 3.05) is 5.32 Å². The number of ether oxygens (including phenoxy) is 2. The van der Waals surface area contributed by atoms with Crippen LogP contribution in [0.4, 0.5) is 13.8 Å². The molecule has 2 heterocycles. The maximum absolute atomic E-state index is 12.9. The molecule has 0 unspecified atom stereocenters. The Morgan fingerprint density at radius 3 is 2.50 bits per heavy atom. The van der Waals surface area contributed by atoms with Gasteiger partial charge in [-0.2, -0.15) is 8.78 Å². The molecule has 5 nitrogen and oxygen atoms in total. The van der Waals surface area contributed by atoms with E-state index in [0.29, 0.717) is 15.3 Å². The van der Waals surface area contributed by atoms with E-state index in [2.05, 4.69) is 10.1 Å². The minimum atomic E-state index is -3.02. The summed E-state index contributed by atoms with van der Waals surface area (Å²) in [5.41, 5.74) is 1.01. The van der Waals surface area contributed by atoms with E-state index in [4.69, 9.17) is 16.3 Å². The second kappa shape index (κ2) is 8.87. The van der Waals surface area contributed by atoms with Crippen molar-refractivity contribution in [3.05, 3.63) is 44.1 Å². The lowest BCUT2D eigenvalue weighted by Crippen LogP contribution is -2.16. The molecule has 0 aliphatic heterocycles. The molecule has 0 aliphatic rings. The highest BCUT2D eigenvalue weighted by atomic mass is 35.5. The number of nitrogens with one attached hydrogen (secondary N) is 1. The van der Waals surface area contributed by atoms with Crippen molar-refractivity contribution in [1.82, 2.24) is 0 Å². The molecule has 0 aliphatic carbocycles. The van der Waals surface area contributed by atoms with Crippen LogP contribution in [0.1, 0.15) is 44.3 Å². The molecule has 3 rings (SSSR count). The normalized spacial score (nSPS) is 11.4. The number of carbonyl (C=O) groups excluding carboxylic acids is 2. The molecule has 0 fully saturated rings. The number of hydrogen-bond donors (Lipinski definition) is 1. The van der Waals surface area contributed by atoms with Crippen molar-refractivity contribution in [3.63, 3.8) is 0 Å². The van der Waals surface area contributed by atoms with E-state index < -0.39 is 18.5 Å². The molecular formula is C20H18ClF2NO4S2. The van der Waals surface area contributed by atoms with Crippen LogP contribution in [0.25, 0.3) is 10.1 Å². The summed E-state index contributed by atoms with van der Waals surface area (Å²) in [4.78, 5) is 26.4. The van der Waals surface area contributed by atoms with Gasteiger partial charge in [0.1, 0.15) is 15.6 Å². The number of esters is 1. The minimum Gasteiger partial charge on any atom is -0.459 e. The Bertz CT molecular complexity index is 1120. The maximum Gasteiger partial charge on any atom is 0.387 e. The van der Waals surface area contributed by atoms with Crippen LogP contribution in [-0.2, 0) is 4.74 Å². The van der Waals surface area contributed by atoms with E-state index in [0.717, 1.165) is 21.8 Å². The fraction of sp³-hybridized carbons (Fsp3) is 0.300. The Labute approximate surface area is 184 Å². The molecule has 0 atom stereocenters. The third-order valence-corrected chi connectivity index (χ3v) is 6.97. The monoisotopic (exact) mass is 473 g/mol. The zero-order chi connectivity index (χ0) is 22.2. The van der Waals surface area contributed by atoms with Gasteiger partial charge in [0.15, 0.2) is 0 Å². The van der Waals surface area contributed by atoms with Crippen molar-refractivity contribution in [2.24, 2.45) is 0 Å². The zero-order valence-electron chi connectivity index (χ0n) is 16.5. The molecule has 10 heteroatoms. The molecule has 2 aromatic heterocycles. The Morgan fingerprint density at radius 2 is 1.87 bits per heavy atom. The zero-order valence-corrected chi connectivity index (χ0v) is 18.9. The van der Waals surface area contributed by atoms with Crippen molar-refractivity contribution >= 4 is 61.2 Å². The highest BCUT2D eigenvalue weighted by molar-refractivity contribution is 7.22. The average molecular weight is 474 g/mol. The van der Waals surface area contributed by atoms with Gasteiger partial charge in [0.2, 0.25) is 0 Å². The largest absolute Gasteiger partial charge is 0.459 e. The van der Waals surface area contributed by atoms with Gasteiger partial charge in [-0.15, -0.1) is 22.7 Å². The SMILES string of the molecule is Cc1sc(NC(=O)c2sc3cccc(OC(F)F)c3c2Cl)c(C(=O)OC(C)C)c1C. The number of carbonyl (C=O) groups is 2. The first-order valence-corrected chi connectivity index (χ1v) is 10.9. The summed E-state index contributed by atoms with van der Waals surface area (Å²) in [6.07, 6.45) is -0.314. The van der Waals surface area contributed by atoms with Crippen LogP contribution in [0.2, 0.25) is 5.02 Å². The second-order valence-corrected chi connectivity index (χ2v) is 9.30. The third kappa shape index (κ3) is 4.43. The predicted octanol–water partition coefficient (Wildman–Crippen LogP) is 6.65. The van der Waals surface area contributed by atoms with E-state index in [1.54, 1.807) is 32.9 Å². The number of thiophene rings is 2. The minimum absolute atomic E-state index is 0.0139. The standard InChI is InChI=1S/C20H18ClF2NO4S2/c1-8(2)27-19(26)13-9(3)10(4)29-18(13)24-17(25)16-15(21)14-11(28-20(22)23)6-5-7-12(14)30-16/h5-8,20H,1-4H3,(H,24,25). The molecule has 0 saturated heterocycles. The predicted molar refractivity (Wildman–Crippen MR) is 116 cm³/mol. The maximum atomic E-state index is 12.9. The molecular weight excluding hydrogens is 456 g/mol. The van der Waals surface area contributed by atoms with Crippen LogP contribution in [0, 0.1) is 13.8 Å². The number of halogens is 3. The molecule has 0 radical (unpaired) electrons. The molecule has 0 bridgehead atoms. The highest BCUT2D eigenvalue weighted by Crippen LogP contribution is 2.42. The summed E-state index contributed by atoms with van der Waals surface area (Å²) in [7, 11) is 0. The summed E-state index contributed by atoms with van der Waals surface area (Å²) in [5, 5.41) is 3.32. The Kier molecular flexibility index (Phi) is 6.64. The number of rotatable bonds is 6. The topological polar surface area (TPSA) is 64.6 Å². The van der Waals surface area contributed by atoms with Crippen LogP contribution in [0.5, 0.6) is 5.75 Å². The van der Waals surface area contributed by atoms with Crippen molar-refractivity contribution in [2.45, 2.75) is 40.4 Å². The van der Waals surface area contributed by atoms with Gasteiger partial charge in [-0.25, -0.2) is 4.79 Å². The summed E-state index contributed by atoms with van der Waals surface area (Å²) < 4.78 is 35.7. The molecule has 160 valence electrons. The first-order valence-electron chi connectivity index (χ1n) is 8.88. The lowest BCUT2D eigenvalue weighted by atomic mass is 10.1. The van der Waals surface area contributed by atoms with Gasteiger partial charge in [0, 0.05) is 9.58 Å². The van der Waals surface area contributed by atoms with Crippen molar-refractivity contribution in [1.29, 1.82) is 0 Å². The molecule has 1 aromatic carbocycles. The molecule has 1 amide bonds. The van der Waals surface area contributed by atoms with Crippen LogP contribution in [0.3, 0.4) is 0 Å². The van der Waals surface area contributed by atoms with E-state index in [1.165, 1.54) is 17.4 Å². The number of hydrogen-bond acceptors (Lipinski definition) is 6. The first kappa shape index (κ1) is 22.5. The van der Waals surface area contributed by atoms with Gasteiger partial charge >= 0.3 is 12.6 Å². The van der Waals surface area contributed by atoms with Gasteiger partial charge in [-0.1, -0.05) is 17.7 Å². The Hall–Kier alpha value is -2.23. The van der Waals surface area contributed by atoms with E-state index in [-0.39, 0.29) is 27.1 Å². The van der Waals surface area contributed by atoms with Crippen molar-refractivity contribution < 1.29 is 27.8 Å². The quantitative estimate of drug-likeness (QED) is 0.407. The number of benzene rings is 1. The number of anilines is 1. The van der Waals surface area contributed by atoms with Crippen molar-refractivity contribution in [3.8, 4) is 5.75 Å². The van der Waals surface area contributed by atoms with Crippen LogP contribution in [-0.4, -0.2) is 24.6 Å². The first-order chi connectivity index (χ1) is 14.1. The van der Waals surface area contributed by atoms with Gasteiger partial charge < -0.3 is 14.8 Å². The van der Waals surface area contributed by atoms with Gasteiger partial charge in [-0.05, 0) is 45.4 Å². The smallest absolute Gasteiger partial charge is 0.387 e. The summed E-state index contributed by atoms with van der Waals surface area (Å²) >= 11 is 8.65. The average Bonchev–Trinajstić information content (AvgIpc) is 3.11. The van der Waals surface area contributed by atoms with Crippen LogP contribution >= 0.6 is 34.3 Å². The van der Waals surface area contributed by atoms with E-state index in [1.807, 2.05) is 6.92 Å². The second-order valence-electron chi connectivity index (χ2n) is 6.65. The molecule has 3 aromatic rings. The Balaban J connectivity index is 1.98. The van der Waals surface area contributed by atoms with E-state index in [9.17, 15) is 18.4 Å². The van der Waals surface area contributed by atoms with Gasteiger partial charge in [0.25, 0.3) is 5.91 Å². The summed E-state index contributed by atoms with van der Waals surface area (Å²) in [5.74, 6) is -1.19. The number of aryl methyl sites for hydroxylation is 1. The summed E-state index contributed by atoms with van der Waals surface area (Å²) in [6.45, 7) is 4.07. The molecule has 0 saturated carbocycles. The third-order valence-electron chi connectivity index (χ3n) is 4.20. The fourth-order valence-electron chi connectivity index (χ4n) is 2.81. The van der Waals surface area contributed by atoms with Crippen LogP contribution in [0.15, 0.2) is 18.2 Å². The molecule has 1 N–H and O–H groups in total. The summed E-state index contributed by atoms with van der Waals surface area (Å²) in [6, 6.07) is 4.56. The van der Waals surface area contributed by atoms with E-state index >= 15 is 0 Å². The van der Waals surface area contributed by atoms with Gasteiger partial charge in [0.05, 0.1) is 22.1 Å². The Morgan fingerprint density at radius 1 is 1.17 bits per heavy atom. The molecule has 30 heavy (non-hydrogen) atoms. The van der Waals surface area contributed by atoms with Gasteiger partial charge in [-0.3, -0.25) is 4.79 Å². The lowest BCUT2D eigenvalue weighted by Gasteiger charge is -2.10. The fourth-order valence-corrected chi connectivity index (χ4v) is 5.32. The lowest BCUT2D eigenvalue weighted by molar-refractivity contribution is -0.0487. The number of alkyl halides is 2. The molecule has 0 spiro atoms. The number of fused-ring (bicyclic) bond motifs is 1.